The minimum Gasteiger partial charge on any atom is -0.411 e. The fourth-order valence-electron chi connectivity index (χ4n) is 4.29. The number of benzene rings is 1. The quantitative estimate of drug-likeness (QED) is 0.392. The van der Waals surface area contributed by atoms with E-state index in [4.69, 9.17) is 19.2 Å². The third-order valence-electron chi connectivity index (χ3n) is 7.57. The lowest BCUT2D eigenvalue weighted by Crippen LogP contribution is -2.40. The highest BCUT2D eigenvalue weighted by Crippen LogP contribution is 2.37. The average molecular weight is 499 g/mol. The molecule has 0 unspecified atom stereocenters. The third-order valence-corrected chi connectivity index (χ3v) is 12.0. The third kappa shape index (κ3) is 5.29. The maximum Gasteiger partial charge on any atom is 0.192 e. The second-order valence-corrected chi connectivity index (χ2v) is 15.8. The number of ether oxygens (including phenoxy) is 1. The van der Waals surface area contributed by atoms with Crippen LogP contribution in [0.2, 0.25) is 18.1 Å². The molecule has 0 radical (unpaired) electrons. The first-order chi connectivity index (χ1) is 16.5. The van der Waals surface area contributed by atoms with Gasteiger partial charge in [0.25, 0.3) is 0 Å². The van der Waals surface area contributed by atoms with Crippen LogP contribution in [0.1, 0.15) is 55.8 Å². The molecule has 1 saturated heterocycles. The summed E-state index contributed by atoms with van der Waals surface area (Å²) in [4.78, 5) is 7.27. The first-order valence-corrected chi connectivity index (χ1v) is 15.5. The van der Waals surface area contributed by atoms with Gasteiger partial charge in [0.2, 0.25) is 0 Å². The molecule has 0 atom stereocenters. The van der Waals surface area contributed by atoms with Crippen LogP contribution in [0.15, 0.2) is 24.3 Å². The molecule has 4 rings (SSSR count). The van der Waals surface area contributed by atoms with E-state index in [1.165, 1.54) is 6.07 Å². The lowest BCUT2D eigenvalue weighted by molar-refractivity contribution is 0.122. The van der Waals surface area contributed by atoms with E-state index in [-0.39, 0.29) is 10.9 Å². The summed E-state index contributed by atoms with van der Waals surface area (Å²) in [5, 5.41) is 5.13. The Balaban J connectivity index is 1.81. The van der Waals surface area contributed by atoms with Gasteiger partial charge in [-0.3, -0.25) is 0 Å². The molecule has 1 aliphatic heterocycles. The summed E-state index contributed by atoms with van der Waals surface area (Å²) in [6.07, 6.45) is 1.19. The molecule has 0 N–H and O–H groups in total. The van der Waals surface area contributed by atoms with Gasteiger partial charge in [0, 0.05) is 19.5 Å². The molecule has 8 heteroatoms. The van der Waals surface area contributed by atoms with Gasteiger partial charge in [-0.05, 0) is 60.3 Å². The Kier molecular flexibility index (Phi) is 7.36. The molecule has 190 valence electrons. The minimum atomic E-state index is -1.98. The number of anilines is 1. The van der Waals surface area contributed by atoms with Crippen LogP contribution in [-0.4, -0.2) is 49.2 Å². The monoisotopic (exact) mass is 498 g/mol. The molecule has 0 aliphatic carbocycles. The van der Waals surface area contributed by atoms with Crippen molar-refractivity contribution in [2.75, 3.05) is 31.2 Å². The van der Waals surface area contributed by atoms with Crippen molar-refractivity contribution in [2.45, 2.75) is 72.2 Å². The van der Waals surface area contributed by atoms with Crippen molar-refractivity contribution < 1.29 is 13.6 Å². The Morgan fingerprint density at radius 1 is 1.17 bits per heavy atom. The van der Waals surface area contributed by atoms with Crippen molar-refractivity contribution >= 4 is 19.8 Å². The Bertz CT molecular complexity index is 1200. The number of morpholine rings is 1. The van der Waals surface area contributed by atoms with E-state index in [0.717, 1.165) is 52.6 Å². The number of hydrogen-bond donors (Lipinski definition) is 0. The Labute approximate surface area is 209 Å². The van der Waals surface area contributed by atoms with Gasteiger partial charge < -0.3 is 14.1 Å². The van der Waals surface area contributed by atoms with Crippen molar-refractivity contribution in [3.63, 3.8) is 0 Å². The molecule has 0 saturated carbocycles. The molecule has 6 nitrogen and oxygen atoms in total. The van der Waals surface area contributed by atoms with Crippen molar-refractivity contribution in [3.8, 4) is 0 Å². The average Bonchev–Trinajstić information content (AvgIpc) is 3.16. The molecule has 1 aliphatic rings. The van der Waals surface area contributed by atoms with E-state index in [1.54, 1.807) is 6.07 Å². The largest absolute Gasteiger partial charge is 0.411 e. The second kappa shape index (κ2) is 9.99. The van der Waals surface area contributed by atoms with E-state index in [2.05, 4.69) is 51.8 Å². The van der Waals surface area contributed by atoms with E-state index in [9.17, 15) is 4.39 Å². The van der Waals surface area contributed by atoms with Gasteiger partial charge in [-0.15, -0.1) is 5.10 Å². The molecule has 2 aromatic heterocycles. The van der Waals surface area contributed by atoms with Gasteiger partial charge in [-0.2, -0.15) is 0 Å². The number of imidazole rings is 1. The standard InChI is InChI=1S/C27H39FN4O2Si/c1-8-21-20(10-9-11-22(21)28)17-24-23(18-34-35(6,7)27(3,4)5)29-26-19(2)16-25(30-32(24)26)31-12-14-33-15-13-31/h9-11,16H,8,12-15,17-18H2,1-7H3. The Morgan fingerprint density at radius 2 is 1.89 bits per heavy atom. The molecular formula is C27H39FN4O2Si. The van der Waals surface area contributed by atoms with Gasteiger partial charge in [0.15, 0.2) is 14.0 Å². The normalized spacial score (nSPS) is 15.3. The minimum absolute atomic E-state index is 0.0991. The summed E-state index contributed by atoms with van der Waals surface area (Å²) >= 11 is 0. The van der Waals surface area contributed by atoms with Crippen LogP contribution in [0.5, 0.6) is 0 Å². The zero-order chi connectivity index (χ0) is 25.4. The SMILES string of the molecule is CCc1c(F)cccc1Cc1c(CO[Si](C)(C)C(C)(C)C)nc2c(C)cc(N3CCOCC3)nn12. The van der Waals surface area contributed by atoms with Crippen LogP contribution in [0.4, 0.5) is 10.2 Å². The van der Waals surface area contributed by atoms with Crippen LogP contribution < -0.4 is 4.90 Å². The highest BCUT2D eigenvalue weighted by Gasteiger charge is 2.37. The number of fused-ring (bicyclic) bond motifs is 1. The molecule has 0 amide bonds. The van der Waals surface area contributed by atoms with Crippen LogP contribution >= 0.6 is 0 Å². The summed E-state index contributed by atoms with van der Waals surface area (Å²) in [6, 6.07) is 7.45. The van der Waals surface area contributed by atoms with Gasteiger partial charge in [-0.1, -0.05) is 39.8 Å². The fourth-order valence-corrected chi connectivity index (χ4v) is 5.22. The van der Waals surface area contributed by atoms with E-state index in [0.29, 0.717) is 32.7 Å². The molecule has 3 aromatic rings. The van der Waals surface area contributed by atoms with Gasteiger partial charge in [-0.25, -0.2) is 13.9 Å². The molecule has 1 fully saturated rings. The molecular weight excluding hydrogens is 459 g/mol. The van der Waals surface area contributed by atoms with Crippen LogP contribution in [0.3, 0.4) is 0 Å². The fraction of sp³-hybridized carbons (Fsp3) is 0.556. The summed E-state index contributed by atoms with van der Waals surface area (Å²) in [5.41, 5.74) is 5.48. The van der Waals surface area contributed by atoms with Crippen molar-refractivity contribution in [2.24, 2.45) is 0 Å². The smallest absolute Gasteiger partial charge is 0.192 e. The Morgan fingerprint density at radius 3 is 2.54 bits per heavy atom. The number of nitrogens with zero attached hydrogens (tertiary/aromatic N) is 4. The topological polar surface area (TPSA) is 51.9 Å². The van der Waals surface area contributed by atoms with Crippen molar-refractivity contribution in [1.29, 1.82) is 0 Å². The first-order valence-electron chi connectivity index (χ1n) is 12.6. The van der Waals surface area contributed by atoms with Crippen LogP contribution in [0, 0.1) is 12.7 Å². The maximum absolute atomic E-state index is 14.6. The van der Waals surface area contributed by atoms with Gasteiger partial charge in [0.1, 0.15) is 11.6 Å². The summed E-state index contributed by atoms with van der Waals surface area (Å²) in [5.74, 6) is 0.764. The predicted molar refractivity (Wildman–Crippen MR) is 141 cm³/mol. The summed E-state index contributed by atoms with van der Waals surface area (Å²) < 4.78 is 28.7. The number of aryl methyl sites for hydroxylation is 1. The zero-order valence-corrected chi connectivity index (χ0v) is 23.2. The summed E-state index contributed by atoms with van der Waals surface area (Å²) in [6.45, 7) is 18.8. The lowest BCUT2D eigenvalue weighted by atomic mass is 10.00. The van der Waals surface area contributed by atoms with E-state index in [1.807, 2.05) is 17.5 Å². The molecule has 0 bridgehead atoms. The molecule has 35 heavy (non-hydrogen) atoms. The maximum atomic E-state index is 14.6. The van der Waals surface area contributed by atoms with Crippen LogP contribution in [-0.2, 0) is 28.6 Å². The van der Waals surface area contributed by atoms with E-state index >= 15 is 0 Å². The van der Waals surface area contributed by atoms with Crippen LogP contribution in [0.25, 0.3) is 5.65 Å². The number of aromatic nitrogens is 3. The highest BCUT2D eigenvalue weighted by atomic mass is 28.4. The highest BCUT2D eigenvalue weighted by molar-refractivity contribution is 6.74. The zero-order valence-electron chi connectivity index (χ0n) is 22.2. The number of halogens is 1. The number of hydrogen-bond acceptors (Lipinski definition) is 5. The number of rotatable bonds is 7. The second-order valence-electron chi connectivity index (χ2n) is 11.0. The summed E-state index contributed by atoms with van der Waals surface area (Å²) in [7, 11) is -1.98. The molecule has 3 heterocycles. The van der Waals surface area contributed by atoms with E-state index < -0.39 is 8.32 Å². The van der Waals surface area contributed by atoms with Gasteiger partial charge >= 0.3 is 0 Å². The van der Waals surface area contributed by atoms with Crippen molar-refractivity contribution in [1.82, 2.24) is 14.6 Å². The molecule has 1 aromatic carbocycles. The lowest BCUT2D eigenvalue weighted by Gasteiger charge is -2.36. The van der Waals surface area contributed by atoms with Gasteiger partial charge in [0.05, 0.1) is 31.2 Å². The molecule has 0 spiro atoms. The predicted octanol–water partition coefficient (Wildman–Crippen LogP) is 5.69. The first kappa shape index (κ1) is 25.8. The Hall–Kier alpha value is -2.29. The van der Waals surface area contributed by atoms with Crippen molar-refractivity contribution in [3.05, 3.63) is 58.2 Å².